The molecular formula is C40H74N4O9S2. The number of methoxy groups -OCH3 is 1. The van der Waals surface area contributed by atoms with E-state index in [0.717, 1.165) is 134 Å². The van der Waals surface area contributed by atoms with Crippen LogP contribution < -0.4 is 0 Å². The highest BCUT2D eigenvalue weighted by atomic mass is 33.1. The minimum atomic E-state index is -0.884. The molecule has 0 radical (unpaired) electrons. The second-order valence-corrected chi connectivity index (χ2v) is 17.7. The first-order valence-electron chi connectivity index (χ1n) is 20.8. The Hall–Kier alpha value is -1.16. The Morgan fingerprint density at radius 3 is 1.76 bits per heavy atom. The number of hydrogen-bond acceptors (Lipinski definition) is 13. The van der Waals surface area contributed by atoms with Crippen molar-refractivity contribution in [2.45, 2.75) is 115 Å². The van der Waals surface area contributed by atoms with Gasteiger partial charge in [-0.3, -0.25) is 19.4 Å². The average Bonchev–Trinajstić information content (AvgIpc) is 3.15. The number of ether oxygens (including phenoxy) is 3. The maximum Gasteiger partial charge on any atom is 0.317 e. The number of nitrogens with zero attached hydrogens (tertiary/aromatic N) is 4. The molecule has 320 valence electrons. The number of aliphatic hydroxyl groups excluding tert-OH is 2. The fraction of sp³-hybridized carbons (Fsp3) is 0.900. The molecule has 15 heteroatoms. The molecule has 2 rings (SSSR count). The topological polar surface area (TPSA) is 156 Å². The van der Waals surface area contributed by atoms with Crippen molar-refractivity contribution in [2.75, 3.05) is 110 Å². The zero-order valence-corrected chi connectivity index (χ0v) is 35.5. The first-order chi connectivity index (χ1) is 26.7. The fourth-order valence-corrected chi connectivity index (χ4v) is 9.50. The van der Waals surface area contributed by atoms with E-state index >= 15 is 0 Å². The summed E-state index contributed by atoms with van der Waals surface area (Å²) in [5, 5.41) is 39.4. The third kappa shape index (κ3) is 23.1. The van der Waals surface area contributed by atoms with Gasteiger partial charge in [0.2, 0.25) is 0 Å². The number of carboxylic acid groups (broad SMARTS) is 2. The van der Waals surface area contributed by atoms with Crippen molar-refractivity contribution in [3.05, 3.63) is 0 Å². The van der Waals surface area contributed by atoms with Crippen molar-refractivity contribution in [1.29, 1.82) is 0 Å². The summed E-state index contributed by atoms with van der Waals surface area (Å²) in [4.78, 5) is 32.5. The Kier molecular flexibility index (Phi) is 28.9. The smallest absolute Gasteiger partial charge is 0.317 e. The van der Waals surface area contributed by atoms with Crippen LogP contribution in [0.5, 0.6) is 0 Å². The number of unbranched alkanes of at least 4 members (excludes halogenated alkanes) is 8. The Labute approximate surface area is 339 Å². The molecule has 0 spiro atoms. The number of rotatable bonds is 26. The van der Waals surface area contributed by atoms with Crippen LogP contribution in [-0.2, 0) is 23.8 Å². The summed E-state index contributed by atoms with van der Waals surface area (Å²) in [6, 6.07) is 0. The Balaban J connectivity index is 1.73. The van der Waals surface area contributed by atoms with Crippen molar-refractivity contribution >= 4 is 33.5 Å². The van der Waals surface area contributed by atoms with E-state index in [0.29, 0.717) is 19.7 Å². The summed E-state index contributed by atoms with van der Waals surface area (Å²) >= 11 is 0. The van der Waals surface area contributed by atoms with Crippen LogP contribution in [0.1, 0.15) is 90.4 Å². The van der Waals surface area contributed by atoms with Crippen molar-refractivity contribution in [3.8, 4) is 12.3 Å². The molecule has 5 unspecified atom stereocenters. The Bertz CT molecular complexity index is 1050. The standard InChI is InChI=1S/C40H74N4O9S2/c1-4-5-14-29-54-55-30-17-23-42-20-16-22-43(31-36(46)47)26-24-41(19-15-21-44(27-25-42)32-37(48)49)18-12-10-8-6-7-9-11-13-28-52-40-38(50)39(51-3)34(2)35(33-45)53-40/h1,34-35,38-40,45,50H,5-33H2,2-3H3,(H,46,47)(H,48,49). The minimum Gasteiger partial charge on any atom is -0.480 e. The minimum absolute atomic E-state index is 0.0495. The van der Waals surface area contributed by atoms with Crippen LogP contribution in [-0.4, -0.2) is 187 Å². The maximum absolute atomic E-state index is 11.7. The third-order valence-electron chi connectivity index (χ3n) is 10.5. The molecule has 13 nitrogen and oxygen atoms in total. The Morgan fingerprint density at radius 1 is 0.745 bits per heavy atom. The summed E-state index contributed by atoms with van der Waals surface area (Å²) in [5.41, 5.74) is 0. The van der Waals surface area contributed by atoms with Crippen LogP contribution in [0, 0.1) is 18.3 Å². The van der Waals surface area contributed by atoms with E-state index in [9.17, 15) is 30.0 Å². The summed E-state index contributed by atoms with van der Waals surface area (Å²) in [5.74, 6) is 3.10. The maximum atomic E-state index is 11.7. The van der Waals surface area contributed by atoms with Crippen molar-refractivity contribution in [2.24, 2.45) is 5.92 Å². The van der Waals surface area contributed by atoms with E-state index in [1.54, 1.807) is 7.11 Å². The van der Waals surface area contributed by atoms with E-state index in [2.05, 4.69) is 25.5 Å². The largest absolute Gasteiger partial charge is 0.480 e. The highest BCUT2D eigenvalue weighted by Gasteiger charge is 2.43. The van der Waals surface area contributed by atoms with E-state index in [-0.39, 0.29) is 25.6 Å². The number of carboxylic acids is 2. The molecule has 5 atom stereocenters. The molecular weight excluding hydrogens is 745 g/mol. The van der Waals surface area contributed by atoms with Crippen molar-refractivity contribution in [1.82, 2.24) is 19.6 Å². The van der Waals surface area contributed by atoms with Crippen LogP contribution in [0.2, 0.25) is 0 Å². The first kappa shape index (κ1) is 50.0. The zero-order chi connectivity index (χ0) is 40.1. The van der Waals surface area contributed by atoms with Crippen molar-refractivity contribution in [3.63, 3.8) is 0 Å². The van der Waals surface area contributed by atoms with E-state index in [1.165, 1.54) is 12.8 Å². The zero-order valence-electron chi connectivity index (χ0n) is 33.9. The van der Waals surface area contributed by atoms with Gasteiger partial charge in [0.15, 0.2) is 6.29 Å². The van der Waals surface area contributed by atoms with E-state index in [4.69, 9.17) is 20.6 Å². The second kappa shape index (κ2) is 31.8. The SMILES string of the molecule is C#CCCCSSCCCN1CCCN(CC(=O)O)CCN(CCCCCCCCCCOC2OC(CO)C(C)C(OC)C2O)CCCN(CC(=O)O)CC1. The molecule has 0 bridgehead atoms. The number of carbonyl (C=O) groups is 2. The predicted molar refractivity (Wildman–Crippen MR) is 222 cm³/mol. The second-order valence-electron chi connectivity index (χ2n) is 15.0. The van der Waals surface area contributed by atoms with E-state index < -0.39 is 36.5 Å². The summed E-state index contributed by atoms with van der Waals surface area (Å²) in [6.07, 6.45) is 16.3. The van der Waals surface area contributed by atoms with Gasteiger partial charge in [-0.05, 0) is 64.7 Å². The molecule has 0 aliphatic carbocycles. The monoisotopic (exact) mass is 818 g/mol. The fourth-order valence-electron chi connectivity index (χ4n) is 7.35. The molecule has 2 fully saturated rings. The molecule has 0 aromatic carbocycles. The van der Waals surface area contributed by atoms with Crippen LogP contribution in [0.3, 0.4) is 0 Å². The molecule has 0 amide bonds. The van der Waals surface area contributed by atoms with Crippen LogP contribution in [0.15, 0.2) is 0 Å². The summed E-state index contributed by atoms with van der Waals surface area (Å²) in [6.45, 7) is 10.5. The molecule has 2 aliphatic rings. The van der Waals surface area contributed by atoms with Gasteiger partial charge in [0.25, 0.3) is 0 Å². The number of terminal acetylenes is 1. The van der Waals surface area contributed by atoms with Gasteiger partial charge < -0.3 is 44.4 Å². The lowest BCUT2D eigenvalue weighted by atomic mass is 9.91. The third-order valence-corrected chi connectivity index (χ3v) is 13.1. The normalized spacial score (nSPS) is 24.7. The van der Waals surface area contributed by atoms with Crippen LogP contribution in [0.4, 0.5) is 0 Å². The van der Waals surface area contributed by atoms with Gasteiger partial charge in [0.1, 0.15) is 6.10 Å². The van der Waals surface area contributed by atoms with Gasteiger partial charge in [0, 0.05) is 76.8 Å². The van der Waals surface area contributed by atoms with Crippen molar-refractivity contribution < 1.29 is 44.2 Å². The lowest BCUT2D eigenvalue weighted by Crippen LogP contribution is -2.56. The number of aliphatic hydroxyl groups is 2. The average molecular weight is 819 g/mol. The molecule has 0 saturated carbocycles. The van der Waals surface area contributed by atoms with E-state index in [1.807, 2.05) is 28.5 Å². The summed E-state index contributed by atoms with van der Waals surface area (Å²) < 4.78 is 17.0. The first-order valence-corrected chi connectivity index (χ1v) is 23.3. The lowest BCUT2D eigenvalue weighted by Gasteiger charge is -2.42. The number of aliphatic carboxylic acids is 2. The van der Waals surface area contributed by atoms with Gasteiger partial charge >= 0.3 is 11.9 Å². The lowest BCUT2D eigenvalue weighted by molar-refractivity contribution is -0.291. The Morgan fingerprint density at radius 2 is 1.24 bits per heavy atom. The molecule has 0 aromatic heterocycles. The molecule has 4 N–H and O–H groups in total. The number of hydrogen-bond donors (Lipinski definition) is 4. The van der Waals surface area contributed by atoms with Gasteiger partial charge in [-0.1, -0.05) is 67.0 Å². The van der Waals surface area contributed by atoms with Gasteiger partial charge in [-0.2, -0.15) is 0 Å². The van der Waals surface area contributed by atoms with Crippen LogP contribution >= 0.6 is 21.6 Å². The highest BCUT2D eigenvalue weighted by Crippen LogP contribution is 2.28. The van der Waals surface area contributed by atoms with Gasteiger partial charge in [-0.25, -0.2) is 0 Å². The predicted octanol–water partition coefficient (Wildman–Crippen LogP) is 4.21. The van der Waals surface area contributed by atoms with Gasteiger partial charge in [-0.15, -0.1) is 12.3 Å². The molecule has 2 saturated heterocycles. The highest BCUT2D eigenvalue weighted by molar-refractivity contribution is 8.76. The molecule has 2 aliphatic heterocycles. The quantitative estimate of drug-likeness (QED) is 0.0560. The van der Waals surface area contributed by atoms with Crippen LogP contribution in [0.25, 0.3) is 0 Å². The molecule has 55 heavy (non-hydrogen) atoms. The summed E-state index contributed by atoms with van der Waals surface area (Å²) in [7, 11) is 5.32. The van der Waals surface area contributed by atoms with Gasteiger partial charge in [0.05, 0.1) is 31.9 Å². The molecule has 0 aromatic rings. The molecule has 2 heterocycles.